The number of aromatic nitrogens is 1. The molecule has 0 aromatic carbocycles. The number of thiazole rings is 1. The highest BCUT2D eigenvalue weighted by Gasteiger charge is 2.35. The lowest BCUT2D eigenvalue weighted by Gasteiger charge is -2.30. The maximum atomic E-state index is 12.3. The molecule has 2 unspecified atom stereocenters. The predicted molar refractivity (Wildman–Crippen MR) is 90.1 cm³/mol. The van der Waals surface area contributed by atoms with Crippen LogP contribution >= 0.6 is 23.1 Å². The topological polar surface area (TPSA) is 51.2 Å². The van der Waals surface area contributed by atoms with Crippen LogP contribution in [0.3, 0.4) is 0 Å². The molecule has 0 aliphatic carbocycles. The van der Waals surface area contributed by atoms with E-state index < -0.39 is 5.54 Å². The van der Waals surface area contributed by atoms with E-state index in [1.54, 1.807) is 23.1 Å². The van der Waals surface area contributed by atoms with E-state index in [1.165, 1.54) is 0 Å². The minimum atomic E-state index is -0.634. The summed E-state index contributed by atoms with van der Waals surface area (Å²) in [6.45, 7) is 11.2. The fourth-order valence-electron chi connectivity index (χ4n) is 2.09. The maximum absolute atomic E-state index is 12.3. The molecular formula is C15H26N2O2S2. The molecule has 0 aliphatic heterocycles. The van der Waals surface area contributed by atoms with Crippen LogP contribution in [0.4, 0.5) is 0 Å². The van der Waals surface area contributed by atoms with E-state index in [0.717, 1.165) is 29.4 Å². The van der Waals surface area contributed by atoms with Crippen LogP contribution in [0.15, 0.2) is 9.72 Å². The summed E-state index contributed by atoms with van der Waals surface area (Å²) < 4.78 is 6.29. The smallest absolute Gasteiger partial charge is 0.326 e. The molecule has 1 heterocycles. The third-order valence-corrected chi connectivity index (χ3v) is 5.28. The summed E-state index contributed by atoms with van der Waals surface area (Å²) in [5.41, 5.74) is 0.414. The number of thioether (sulfide) groups is 1. The number of esters is 1. The Kier molecular flexibility index (Phi) is 7.70. The summed E-state index contributed by atoms with van der Waals surface area (Å²) in [5, 5.41) is 5.68. The Morgan fingerprint density at radius 3 is 2.81 bits per heavy atom. The van der Waals surface area contributed by atoms with Gasteiger partial charge in [0.1, 0.15) is 9.88 Å². The van der Waals surface area contributed by atoms with Crippen molar-refractivity contribution in [2.75, 3.05) is 13.2 Å². The monoisotopic (exact) mass is 330 g/mol. The zero-order valence-electron chi connectivity index (χ0n) is 13.6. The molecule has 0 aliphatic rings. The molecule has 0 amide bonds. The summed E-state index contributed by atoms with van der Waals surface area (Å²) in [5.74, 6) is -0.166. The minimum Gasteiger partial charge on any atom is -0.465 e. The molecule has 1 aromatic rings. The minimum absolute atomic E-state index is 0.166. The quantitative estimate of drug-likeness (QED) is 0.553. The van der Waals surface area contributed by atoms with Gasteiger partial charge in [-0.1, -0.05) is 25.6 Å². The third kappa shape index (κ3) is 5.96. The second-order valence-electron chi connectivity index (χ2n) is 5.37. The lowest BCUT2D eigenvalue weighted by molar-refractivity contribution is -0.150. The summed E-state index contributed by atoms with van der Waals surface area (Å²) in [6, 6.07) is 0. The Labute approximate surface area is 136 Å². The Balaban J connectivity index is 2.67. The van der Waals surface area contributed by atoms with E-state index >= 15 is 0 Å². The van der Waals surface area contributed by atoms with Crippen LogP contribution in [0.2, 0.25) is 0 Å². The van der Waals surface area contributed by atoms with Gasteiger partial charge in [0.2, 0.25) is 0 Å². The molecule has 0 fully saturated rings. The molecule has 1 N–H and O–H groups in total. The van der Waals surface area contributed by atoms with Gasteiger partial charge in [-0.2, -0.15) is 0 Å². The van der Waals surface area contributed by atoms with Crippen LogP contribution in [0.5, 0.6) is 0 Å². The van der Waals surface area contributed by atoms with Crippen LogP contribution in [-0.2, 0) is 9.53 Å². The molecule has 1 rings (SSSR count). The second-order valence-corrected chi connectivity index (χ2v) is 7.91. The molecule has 0 spiro atoms. The van der Waals surface area contributed by atoms with E-state index in [2.05, 4.69) is 29.5 Å². The van der Waals surface area contributed by atoms with Crippen molar-refractivity contribution in [3.05, 3.63) is 11.1 Å². The van der Waals surface area contributed by atoms with E-state index in [9.17, 15) is 4.79 Å². The summed E-state index contributed by atoms with van der Waals surface area (Å²) in [7, 11) is 0. The van der Waals surface area contributed by atoms with Gasteiger partial charge >= 0.3 is 5.97 Å². The second kappa shape index (κ2) is 8.76. The van der Waals surface area contributed by atoms with Crippen LogP contribution < -0.4 is 5.32 Å². The number of hydrogen-bond acceptors (Lipinski definition) is 6. The van der Waals surface area contributed by atoms with Gasteiger partial charge in [-0.15, -0.1) is 11.3 Å². The lowest BCUT2D eigenvalue weighted by Crippen LogP contribution is -2.52. The van der Waals surface area contributed by atoms with E-state index in [0.29, 0.717) is 6.61 Å². The first-order valence-corrected chi connectivity index (χ1v) is 9.18. The first-order valence-electron chi connectivity index (χ1n) is 7.42. The van der Waals surface area contributed by atoms with Gasteiger partial charge in [-0.25, -0.2) is 4.98 Å². The molecule has 6 heteroatoms. The fraction of sp³-hybridized carbons (Fsp3) is 0.733. The Morgan fingerprint density at radius 2 is 2.29 bits per heavy atom. The summed E-state index contributed by atoms with van der Waals surface area (Å²) >= 11 is 3.38. The molecule has 4 nitrogen and oxygen atoms in total. The first kappa shape index (κ1) is 18.5. The SMILES string of the molecule is CCCNC(C)(CC(C)Sc1nc(C)cs1)C(=O)OCC. The molecule has 0 saturated heterocycles. The molecule has 120 valence electrons. The number of carbonyl (C=O) groups excluding carboxylic acids is 1. The predicted octanol–water partition coefficient (Wildman–Crippen LogP) is 3.64. The van der Waals surface area contributed by atoms with Gasteiger partial charge in [0.25, 0.3) is 0 Å². The number of carbonyl (C=O) groups is 1. The van der Waals surface area contributed by atoms with Crippen LogP contribution in [0, 0.1) is 6.92 Å². The van der Waals surface area contributed by atoms with E-state index in [4.69, 9.17) is 4.74 Å². The molecule has 2 atom stereocenters. The van der Waals surface area contributed by atoms with E-state index in [-0.39, 0.29) is 11.2 Å². The van der Waals surface area contributed by atoms with Crippen molar-refractivity contribution in [2.24, 2.45) is 0 Å². The number of rotatable bonds is 9. The third-order valence-electron chi connectivity index (χ3n) is 3.09. The van der Waals surface area contributed by atoms with Crippen molar-refractivity contribution in [1.82, 2.24) is 10.3 Å². The summed E-state index contributed by atoms with van der Waals surface area (Å²) in [4.78, 5) is 16.7. The number of hydrogen-bond donors (Lipinski definition) is 1. The fourth-order valence-corrected chi connectivity index (χ4v) is 4.43. The number of nitrogens with one attached hydrogen (secondary N) is 1. The average Bonchev–Trinajstić information content (AvgIpc) is 2.81. The van der Waals surface area contributed by atoms with Crippen molar-refractivity contribution in [2.45, 2.75) is 62.6 Å². The van der Waals surface area contributed by atoms with Gasteiger partial charge in [0, 0.05) is 16.3 Å². The standard InChI is InChI=1S/C15H26N2O2S2/c1-6-8-16-15(5,13(18)19-7-2)9-12(4)21-14-17-11(3)10-20-14/h10,12,16H,6-9H2,1-5H3. The zero-order chi connectivity index (χ0) is 15.9. The van der Waals surface area contributed by atoms with Gasteiger partial charge in [-0.3, -0.25) is 4.79 Å². The normalized spacial score (nSPS) is 15.5. The van der Waals surface area contributed by atoms with Gasteiger partial charge in [0.15, 0.2) is 0 Å². The van der Waals surface area contributed by atoms with Gasteiger partial charge < -0.3 is 10.1 Å². The zero-order valence-corrected chi connectivity index (χ0v) is 15.2. The average molecular weight is 331 g/mol. The highest BCUT2D eigenvalue weighted by atomic mass is 32.2. The highest BCUT2D eigenvalue weighted by Crippen LogP contribution is 2.31. The van der Waals surface area contributed by atoms with Gasteiger partial charge in [0.05, 0.1) is 6.61 Å². The molecular weight excluding hydrogens is 304 g/mol. The van der Waals surface area contributed by atoms with Crippen molar-refractivity contribution in [1.29, 1.82) is 0 Å². The van der Waals surface area contributed by atoms with Crippen molar-refractivity contribution >= 4 is 29.1 Å². The molecule has 21 heavy (non-hydrogen) atoms. The van der Waals surface area contributed by atoms with Crippen LogP contribution in [0.25, 0.3) is 0 Å². The maximum Gasteiger partial charge on any atom is 0.326 e. The number of nitrogens with zero attached hydrogens (tertiary/aromatic N) is 1. The summed E-state index contributed by atoms with van der Waals surface area (Å²) in [6.07, 6.45) is 1.71. The lowest BCUT2D eigenvalue weighted by atomic mass is 9.96. The van der Waals surface area contributed by atoms with E-state index in [1.807, 2.05) is 20.8 Å². The molecule has 1 aromatic heterocycles. The number of ether oxygens (including phenoxy) is 1. The van der Waals surface area contributed by atoms with Crippen LogP contribution in [-0.4, -0.2) is 34.9 Å². The Bertz CT molecular complexity index is 451. The Hall–Kier alpha value is -0.590. The van der Waals surface area contributed by atoms with Crippen molar-refractivity contribution < 1.29 is 9.53 Å². The van der Waals surface area contributed by atoms with Crippen molar-refractivity contribution in [3.63, 3.8) is 0 Å². The number of aryl methyl sites for hydroxylation is 1. The molecule has 0 saturated carbocycles. The largest absolute Gasteiger partial charge is 0.465 e. The molecule has 0 radical (unpaired) electrons. The first-order chi connectivity index (χ1) is 9.91. The van der Waals surface area contributed by atoms with Crippen LogP contribution in [0.1, 0.15) is 46.2 Å². The van der Waals surface area contributed by atoms with Crippen molar-refractivity contribution in [3.8, 4) is 0 Å². The Morgan fingerprint density at radius 1 is 1.57 bits per heavy atom. The molecule has 0 bridgehead atoms. The van der Waals surface area contributed by atoms with Gasteiger partial charge in [-0.05, 0) is 40.2 Å². The highest BCUT2D eigenvalue weighted by molar-refractivity contribution is 8.01.